The third-order valence-corrected chi connectivity index (χ3v) is 4.50. The molecule has 0 aliphatic carbocycles. The quantitative estimate of drug-likeness (QED) is 0.892. The predicted molar refractivity (Wildman–Crippen MR) is 81.4 cm³/mol. The second-order valence-corrected chi connectivity index (χ2v) is 5.88. The summed E-state index contributed by atoms with van der Waals surface area (Å²) < 4.78 is 0. The molecule has 3 rings (SSSR count). The van der Waals surface area contributed by atoms with Gasteiger partial charge in [-0.15, -0.1) is 0 Å². The fourth-order valence-corrected chi connectivity index (χ4v) is 3.43. The summed E-state index contributed by atoms with van der Waals surface area (Å²) in [6.07, 6.45) is 2.50. The smallest absolute Gasteiger partial charge is 0.0476 e. The molecule has 19 heavy (non-hydrogen) atoms. The Labute approximate surface area is 118 Å². The largest absolute Gasteiger partial charge is 0.309 e. The maximum atomic E-state index is 3.72. The zero-order valence-corrected chi connectivity index (χ0v) is 11.8. The van der Waals surface area contributed by atoms with Gasteiger partial charge in [0.15, 0.2) is 0 Å². The maximum absolute atomic E-state index is 3.72. The van der Waals surface area contributed by atoms with Crippen molar-refractivity contribution >= 4 is 11.3 Å². The zero-order valence-electron chi connectivity index (χ0n) is 11.0. The highest BCUT2D eigenvalue weighted by Crippen LogP contribution is 2.23. The Bertz CT molecular complexity index is 481. The molecule has 2 nitrogen and oxygen atoms in total. The first kappa shape index (κ1) is 12.9. The molecule has 3 heteroatoms. The molecule has 1 aromatic heterocycles. The van der Waals surface area contributed by atoms with Crippen molar-refractivity contribution in [3.8, 4) is 0 Å². The lowest BCUT2D eigenvalue weighted by Gasteiger charge is -2.33. The molecule has 2 heterocycles. The third-order valence-electron chi connectivity index (χ3n) is 3.77. The number of piperidine rings is 1. The zero-order chi connectivity index (χ0) is 12.9. The van der Waals surface area contributed by atoms with Crippen molar-refractivity contribution in [3.63, 3.8) is 0 Å². The van der Waals surface area contributed by atoms with Crippen LogP contribution in [0.15, 0.2) is 47.2 Å². The number of benzene rings is 1. The SMILES string of the molecule is c1ccc([C@H]2NCCC[C@H]2NCc2ccsc2)cc1. The van der Waals surface area contributed by atoms with Gasteiger partial charge in [-0.05, 0) is 47.3 Å². The lowest BCUT2D eigenvalue weighted by Crippen LogP contribution is -2.45. The van der Waals surface area contributed by atoms with Gasteiger partial charge in [0.05, 0.1) is 0 Å². The molecule has 1 aromatic carbocycles. The van der Waals surface area contributed by atoms with E-state index in [2.05, 4.69) is 57.8 Å². The summed E-state index contributed by atoms with van der Waals surface area (Å²) in [6.45, 7) is 2.09. The van der Waals surface area contributed by atoms with Crippen LogP contribution in [0.1, 0.15) is 30.0 Å². The number of nitrogens with one attached hydrogen (secondary N) is 2. The monoisotopic (exact) mass is 272 g/mol. The first-order valence-corrected chi connectivity index (χ1v) is 7.90. The van der Waals surface area contributed by atoms with Crippen LogP contribution in [0.2, 0.25) is 0 Å². The molecule has 1 fully saturated rings. The van der Waals surface area contributed by atoms with E-state index in [1.165, 1.54) is 24.0 Å². The third kappa shape index (κ3) is 3.24. The fourth-order valence-electron chi connectivity index (χ4n) is 2.76. The molecule has 0 bridgehead atoms. The van der Waals surface area contributed by atoms with Gasteiger partial charge in [0, 0.05) is 18.6 Å². The minimum Gasteiger partial charge on any atom is -0.309 e. The van der Waals surface area contributed by atoms with Gasteiger partial charge in [-0.3, -0.25) is 0 Å². The van der Waals surface area contributed by atoms with Gasteiger partial charge in [-0.25, -0.2) is 0 Å². The van der Waals surface area contributed by atoms with Crippen LogP contribution < -0.4 is 10.6 Å². The van der Waals surface area contributed by atoms with E-state index < -0.39 is 0 Å². The van der Waals surface area contributed by atoms with Gasteiger partial charge in [-0.1, -0.05) is 30.3 Å². The van der Waals surface area contributed by atoms with Crippen LogP contribution in [0.25, 0.3) is 0 Å². The molecule has 1 aliphatic rings. The van der Waals surface area contributed by atoms with E-state index >= 15 is 0 Å². The van der Waals surface area contributed by atoms with Crippen LogP contribution in [-0.4, -0.2) is 12.6 Å². The predicted octanol–water partition coefficient (Wildman–Crippen LogP) is 3.33. The molecular formula is C16H20N2S. The molecule has 2 atom stereocenters. The van der Waals surface area contributed by atoms with Crippen LogP contribution in [0.4, 0.5) is 0 Å². The molecule has 0 radical (unpaired) electrons. The minimum absolute atomic E-state index is 0.439. The van der Waals surface area contributed by atoms with Gasteiger partial charge < -0.3 is 10.6 Å². The van der Waals surface area contributed by atoms with Crippen LogP contribution in [0, 0.1) is 0 Å². The van der Waals surface area contributed by atoms with Crippen molar-refractivity contribution in [2.45, 2.75) is 31.5 Å². The van der Waals surface area contributed by atoms with E-state index in [1.54, 1.807) is 11.3 Å². The summed E-state index contributed by atoms with van der Waals surface area (Å²) in [5.41, 5.74) is 2.78. The lowest BCUT2D eigenvalue weighted by molar-refractivity contribution is 0.305. The Morgan fingerprint density at radius 2 is 2.11 bits per heavy atom. The van der Waals surface area contributed by atoms with Gasteiger partial charge in [0.25, 0.3) is 0 Å². The standard InChI is InChI=1S/C16H20N2S/c1-2-5-14(6-3-1)16-15(7-4-9-17-16)18-11-13-8-10-19-12-13/h1-3,5-6,8,10,12,15-18H,4,7,9,11H2/t15-,16-/m1/s1. The van der Waals surface area contributed by atoms with Gasteiger partial charge in [-0.2, -0.15) is 11.3 Å². The molecule has 100 valence electrons. The van der Waals surface area contributed by atoms with Crippen LogP contribution >= 0.6 is 11.3 Å². The number of thiophene rings is 1. The van der Waals surface area contributed by atoms with Crippen LogP contribution in [0.3, 0.4) is 0 Å². The Morgan fingerprint density at radius 3 is 2.89 bits per heavy atom. The van der Waals surface area contributed by atoms with Crippen LogP contribution in [0.5, 0.6) is 0 Å². The van der Waals surface area contributed by atoms with E-state index in [4.69, 9.17) is 0 Å². The summed E-state index contributed by atoms with van der Waals surface area (Å²) in [4.78, 5) is 0. The van der Waals surface area contributed by atoms with E-state index in [-0.39, 0.29) is 0 Å². The Balaban J connectivity index is 1.67. The summed E-state index contributed by atoms with van der Waals surface area (Å²) in [5, 5.41) is 11.7. The molecule has 0 amide bonds. The number of hydrogen-bond acceptors (Lipinski definition) is 3. The molecular weight excluding hydrogens is 252 g/mol. The average molecular weight is 272 g/mol. The highest BCUT2D eigenvalue weighted by Gasteiger charge is 2.25. The molecule has 2 aromatic rings. The van der Waals surface area contributed by atoms with E-state index in [1.807, 2.05) is 0 Å². The molecule has 2 N–H and O–H groups in total. The lowest BCUT2D eigenvalue weighted by atomic mass is 9.92. The molecule has 0 spiro atoms. The summed E-state index contributed by atoms with van der Waals surface area (Å²) in [5.74, 6) is 0. The molecule has 0 saturated carbocycles. The average Bonchev–Trinajstić information content (AvgIpc) is 3.00. The summed E-state index contributed by atoms with van der Waals surface area (Å²) in [7, 11) is 0. The van der Waals surface area contributed by atoms with Gasteiger partial charge >= 0.3 is 0 Å². The highest BCUT2D eigenvalue weighted by molar-refractivity contribution is 7.07. The number of rotatable bonds is 4. The summed E-state index contributed by atoms with van der Waals surface area (Å²) in [6, 6.07) is 13.9. The van der Waals surface area contributed by atoms with Gasteiger partial charge in [0.1, 0.15) is 0 Å². The fraction of sp³-hybridized carbons (Fsp3) is 0.375. The second kappa shape index (κ2) is 6.33. The van der Waals surface area contributed by atoms with Crippen molar-refractivity contribution in [1.29, 1.82) is 0 Å². The van der Waals surface area contributed by atoms with E-state index in [9.17, 15) is 0 Å². The number of hydrogen-bond donors (Lipinski definition) is 2. The Kier molecular flexibility index (Phi) is 4.28. The first-order valence-electron chi connectivity index (χ1n) is 6.96. The molecule has 0 unspecified atom stereocenters. The molecule has 1 aliphatic heterocycles. The minimum atomic E-state index is 0.439. The molecule has 1 saturated heterocycles. The normalized spacial score (nSPS) is 23.4. The van der Waals surface area contributed by atoms with Crippen molar-refractivity contribution in [2.24, 2.45) is 0 Å². The van der Waals surface area contributed by atoms with Crippen molar-refractivity contribution in [2.75, 3.05) is 6.54 Å². The summed E-state index contributed by atoms with van der Waals surface area (Å²) >= 11 is 1.77. The van der Waals surface area contributed by atoms with E-state index in [0.717, 1.165) is 13.1 Å². The topological polar surface area (TPSA) is 24.1 Å². The van der Waals surface area contributed by atoms with Crippen LogP contribution in [-0.2, 0) is 6.54 Å². The van der Waals surface area contributed by atoms with Gasteiger partial charge in [0.2, 0.25) is 0 Å². The van der Waals surface area contributed by atoms with Crippen molar-refractivity contribution < 1.29 is 0 Å². The maximum Gasteiger partial charge on any atom is 0.0476 e. The van der Waals surface area contributed by atoms with E-state index in [0.29, 0.717) is 12.1 Å². The van der Waals surface area contributed by atoms with Crippen molar-refractivity contribution in [3.05, 3.63) is 58.3 Å². The first-order chi connectivity index (χ1) is 9.43. The second-order valence-electron chi connectivity index (χ2n) is 5.10. The van der Waals surface area contributed by atoms with Crippen molar-refractivity contribution in [1.82, 2.24) is 10.6 Å². The highest BCUT2D eigenvalue weighted by atomic mass is 32.1. The Hall–Kier alpha value is -1.16. The Morgan fingerprint density at radius 1 is 1.21 bits per heavy atom.